The van der Waals surface area contributed by atoms with Gasteiger partial charge >= 0.3 is 0 Å². The third kappa shape index (κ3) is 5.17. The Kier molecular flexibility index (Phi) is 3.88. The third-order valence-corrected chi connectivity index (χ3v) is 1.16. The topological polar surface area (TPSA) is 0 Å². The molecule has 0 heterocycles. The molecule has 0 nitrogen and oxygen atoms in total. The van der Waals surface area contributed by atoms with Crippen molar-refractivity contribution in [2.45, 2.75) is 27.2 Å². The number of rotatable bonds is 2. The van der Waals surface area contributed by atoms with E-state index in [2.05, 4.69) is 32.8 Å². The highest BCUT2D eigenvalue weighted by Gasteiger charge is 1.90. The van der Waals surface area contributed by atoms with Crippen molar-refractivity contribution >= 4 is 0 Å². The maximum absolute atomic E-state index is 5.18. The molecule has 1 unspecified atom stereocenters. The molecule has 0 aromatic heterocycles. The normalized spacial score (nSPS) is 11.8. The second kappa shape index (κ2) is 4.21. The van der Waals surface area contributed by atoms with E-state index in [1.807, 2.05) is 0 Å². The maximum atomic E-state index is 5.18. The van der Waals surface area contributed by atoms with Crippen LogP contribution in [0.5, 0.6) is 0 Å². The van der Waals surface area contributed by atoms with E-state index >= 15 is 0 Å². The van der Waals surface area contributed by atoms with Crippen LogP contribution in [0.25, 0.3) is 0 Å². The predicted molar refractivity (Wildman–Crippen MR) is 42.0 cm³/mol. The van der Waals surface area contributed by atoms with Gasteiger partial charge in [-0.2, -0.15) is 0 Å². The fraction of sp³-hybridized carbons (Fsp3) is 0.556. The summed E-state index contributed by atoms with van der Waals surface area (Å²) in [6.07, 6.45) is 8.36. The minimum Gasteiger partial charge on any atom is -0.120 e. The highest BCUT2D eigenvalue weighted by Crippen LogP contribution is 2.02. The molecule has 50 valence electrons. The Labute approximate surface area is 58.0 Å². The van der Waals surface area contributed by atoms with Gasteiger partial charge in [-0.3, -0.25) is 0 Å². The van der Waals surface area contributed by atoms with Crippen molar-refractivity contribution in [3.63, 3.8) is 0 Å². The highest BCUT2D eigenvalue weighted by atomic mass is 13.9. The molecule has 0 bridgehead atoms. The zero-order valence-electron chi connectivity index (χ0n) is 6.44. The molecule has 0 saturated heterocycles. The summed E-state index contributed by atoms with van der Waals surface area (Å²) in [6, 6.07) is 0. The SMILES string of the molecule is C#CC(C)CC=C(C)C. The first-order valence-electron chi connectivity index (χ1n) is 3.26. The first kappa shape index (κ1) is 8.30. The zero-order chi connectivity index (χ0) is 7.28. The van der Waals surface area contributed by atoms with Crippen LogP contribution in [0.3, 0.4) is 0 Å². The lowest BCUT2D eigenvalue weighted by atomic mass is 10.1. The van der Waals surface area contributed by atoms with Crippen molar-refractivity contribution in [1.82, 2.24) is 0 Å². The van der Waals surface area contributed by atoms with Crippen molar-refractivity contribution in [2.24, 2.45) is 5.92 Å². The quantitative estimate of drug-likeness (QED) is 0.390. The van der Waals surface area contributed by atoms with Crippen LogP contribution >= 0.6 is 0 Å². The summed E-state index contributed by atoms with van der Waals surface area (Å²) in [6.45, 7) is 6.23. The molecule has 0 radical (unpaired) electrons. The molecule has 0 aromatic carbocycles. The van der Waals surface area contributed by atoms with Gasteiger partial charge in [0.1, 0.15) is 0 Å². The molecule has 0 saturated carbocycles. The molecule has 0 aliphatic heterocycles. The zero-order valence-corrected chi connectivity index (χ0v) is 6.44. The molecule has 0 aliphatic rings. The van der Waals surface area contributed by atoms with Crippen molar-refractivity contribution in [2.75, 3.05) is 0 Å². The van der Waals surface area contributed by atoms with Gasteiger partial charge < -0.3 is 0 Å². The van der Waals surface area contributed by atoms with Crippen molar-refractivity contribution < 1.29 is 0 Å². The van der Waals surface area contributed by atoms with Crippen LogP contribution < -0.4 is 0 Å². The minimum atomic E-state index is 0.389. The first-order chi connectivity index (χ1) is 4.16. The summed E-state index contributed by atoms with van der Waals surface area (Å²) in [4.78, 5) is 0. The fourth-order valence-electron chi connectivity index (χ4n) is 0.481. The van der Waals surface area contributed by atoms with E-state index in [-0.39, 0.29) is 0 Å². The molecule has 0 spiro atoms. The van der Waals surface area contributed by atoms with Crippen molar-refractivity contribution in [1.29, 1.82) is 0 Å². The smallest absolute Gasteiger partial charge is 0.0206 e. The fourth-order valence-corrected chi connectivity index (χ4v) is 0.481. The molecular weight excluding hydrogens is 108 g/mol. The van der Waals surface area contributed by atoms with Crippen LogP contribution in [-0.2, 0) is 0 Å². The standard InChI is InChI=1S/C9H14/c1-5-9(4)7-6-8(2)3/h1,6,9H,7H2,2-4H3. The second-order valence-corrected chi connectivity index (χ2v) is 2.58. The Balaban J connectivity index is 3.53. The van der Waals surface area contributed by atoms with Gasteiger partial charge in [0.25, 0.3) is 0 Å². The summed E-state index contributed by atoms with van der Waals surface area (Å²) in [7, 11) is 0. The molecule has 9 heavy (non-hydrogen) atoms. The minimum absolute atomic E-state index is 0.389. The molecule has 0 heteroatoms. The molecule has 0 rings (SSSR count). The van der Waals surface area contributed by atoms with Crippen LogP contribution in [0.2, 0.25) is 0 Å². The summed E-state index contributed by atoms with van der Waals surface area (Å²) in [5.74, 6) is 3.06. The molecule has 0 aliphatic carbocycles. The third-order valence-electron chi connectivity index (χ3n) is 1.16. The van der Waals surface area contributed by atoms with E-state index in [9.17, 15) is 0 Å². The molecule has 0 aromatic rings. The monoisotopic (exact) mass is 122 g/mol. The number of allylic oxidation sites excluding steroid dienone is 2. The van der Waals surface area contributed by atoms with Gasteiger partial charge in [-0.25, -0.2) is 0 Å². The van der Waals surface area contributed by atoms with E-state index in [0.29, 0.717) is 5.92 Å². The van der Waals surface area contributed by atoms with E-state index in [4.69, 9.17) is 6.42 Å². The average molecular weight is 122 g/mol. The van der Waals surface area contributed by atoms with Gasteiger partial charge in [0.15, 0.2) is 0 Å². The molecular formula is C9H14. The van der Waals surface area contributed by atoms with Gasteiger partial charge in [0.2, 0.25) is 0 Å². The average Bonchev–Trinajstić information content (AvgIpc) is 1.83. The van der Waals surface area contributed by atoms with Gasteiger partial charge in [-0.15, -0.1) is 12.3 Å². The Bertz CT molecular complexity index is 131. The van der Waals surface area contributed by atoms with E-state index in [1.165, 1.54) is 5.57 Å². The Hall–Kier alpha value is -0.700. The summed E-state index contributed by atoms with van der Waals surface area (Å²) >= 11 is 0. The number of terminal acetylenes is 1. The first-order valence-corrected chi connectivity index (χ1v) is 3.26. The predicted octanol–water partition coefficient (Wildman–Crippen LogP) is 2.61. The molecule has 0 N–H and O–H groups in total. The summed E-state index contributed by atoms with van der Waals surface area (Å²) in [5, 5.41) is 0. The van der Waals surface area contributed by atoms with Crippen molar-refractivity contribution in [3.05, 3.63) is 11.6 Å². The van der Waals surface area contributed by atoms with Crippen LogP contribution in [0.1, 0.15) is 27.2 Å². The van der Waals surface area contributed by atoms with Crippen LogP contribution in [0, 0.1) is 18.3 Å². The largest absolute Gasteiger partial charge is 0.120 e. The Morgan fingerprint density at radius 1 is 1.67 bits per heavy atom. The van der Waals surface area contributed by atoms with E-state index < -0.39 is 0 Å². The van der Waals surface area contributed by atoms with Crippen LogP contribution in [-0.4, -0.2) is 0 Å². The molecule has 1 atom stereocenters. The van der Waals surface area contributed by atoms with Crippen LogP contribution in [0.4, 0.5) is 0 Å². The Morgan fingerprint density at radius 3 is 2.56 bits per heavy atom. The lowest BCUT2D eigenvalue weighted by Crippen LogP contribution is -1.85. The van der Waals surface area contributed by atoms with E-state index in [1.54, 1.807) is 0 Å². The molecule has 0 amide bonds. The highest BCUT2D eigenvalue weighted by molar-refractivity contribution is 4.99. The van der Waals surface area contributed by atoms with Gasteiger partial charge in [0.05, 0.1) is 0 Å². The lowest BCUT2D eigenvalue weighted by Gasteiger charge is -1.96. The van der Waals surface area contributed by atoms with E-state index in [0.717, 1.165) is 6.42 Å². The summed E-state index contributed by atoms with van der Waals surface area (Å²) < 4.78 is 0. The number of hydrogen-bond donors (Lipinski definition) is 0. The Morgan fingerprint density at radius 2 is 2.22 bits per heavy atom. The molecule has 0 fully saturated rings. The van der Waals surface area contributed by atoms with Gasteiger partial charge in [0, 0.05) is 5.92 Å². The number of hydrogen-bond acceptors (Lipinski definition) is 0. The lowest BCUT2D eigenvalue weighted by molar-refractivity contribution is 0.769. The maximum Gasteiger partial charge on any atom is 0.0206 e. The van der Waals surface area contributed by atoms with Gasteiger partial charge in [-0.05, 0) is 20.3 Å². The van der Waals surface area contributed by atoms with Crippen LogP contribution in [0.15, 0.2) is 11.6 Å². The second-order valence-electron chi connectivity index (χ2n) is 2.58. The summed E-state index contributed by atoms with van der Waals surface area (Å²) in [5.41, 5.74) is 1.34. The van der Waals surface area contributed by atoms with Gasteiger partial charge in [-0.1, -0.05) is 18.6 Å². The van der Waals surface area contributed by atoms with Crippen molar-refractivity contribution in [3.8, 4) is 12.3 Å².